The van der Waals surface area contributed by atoms with E-state index in [-0.39, 0.29) is 0 Å². The van der Waals surface area contributed by atoms with Crippen molar-refractivity contribution in [2.75, 3.05) is 19.6 Å². The predicted octanol–water partition coefficient (Wildman–Crippen LogP) is 4.49. The highest BCUT2D eigenvalue weighted by Crippen LogP contribution is 2.27. The van der Waals surface area contributed by atoms with E-state index in [1.54, 1.807) is 0 Å². The van der Waals surface area contributed by atoms with Crippen molar-refractivity contribution in [3.8, 4) is 0 Å². The van der Waals surface area contributed by atoms with Gasteiger partial charge in [0, 0.05) is 43.7 Å². The van der Waals surface area contributed by atoms with Crippen molar-refractivity contribution < 1.29 is 4.79 Å². The summed E-state index contributed by atoms with van der Waals surface area (Å²) in [5.74, 6) is 0.330. The van der Waals surface area contributed by atoms with Crippen molar-refractivity contribution in [2.45, 2.75) is 64.0 Å². The minimum Gasteiger partial charge on any atom is -0.343 e. The lowest BCUT2D eigenvalue weighted by atomic mass is 10.1. The molecule has 132 valence electrons. The number of nitrogens with zero attached hydrogens (tertiary/aromatic N) is 2. The summed E-state index contributed by atoms with van der Waals surface area (Å²) in [5.41, 5.74) is 1.18. The molecule has 2 aliphatic rings. The summed E-state index contributed by atoms with van der Waals surface area (Å²) in [4.78, 5) is 17.1. The highest BCUT2D eigenvalue weighted by Gasteiger charge is 2.25. The van der Waals surface area contributed by atoms with Crippen LogP contribution in [0.3, 0.4) is 0 Å². The van der Waals surface area contributed by atoms with Crippen LogP contribution in [0.15, 0.2) is 24.3 Å². The van der Waals surface area contributed by atoms with Crippen molar-refractivity contribution in [1.29, 1.82) is 0 Å². The van der Waals surface area contributed by atoms with Crippen molar-refractivity contribution in [1.82, 2.24) is 9.80 Å². The van der Waals surface area contributed by atoms with Gasteiger partial charge in [-0.15, -0.1) is 0 Å². The van der Waals surface area contributed by atoms with Crippen LogP contribution < -0.4 is 0 Å². The highest BCUT2D eigenvalue weighted by molar-refractivity contribution is 6.31. The van der Waals surface area contributed by atoms with Crippen LogP contribution in [0.5, 0.6) is 0 Å². The molecule has 0 spiro atoms. The topological polar surface area (TPSA) is 23.6 Å². The summed E-state index contributed by atoms with van der Waals surface area (Å²) in [6, 6.07) is 8.70. The van der Waals surface area contributed by atoms with Crippen LogP contribution in [-0.4, -0.2) is 41.4 Å². The zero-order chi connectivity index (χ0) is 16.8. The zero-order valence-electron chi connectivity index (χ0n) is 14.6. The van der Waals surface area contributed by atoms with Crippen LogP contribution in [0.25, 0.3) is 0 Å². The summed E-state index contributed by atoms with van der Waals surface area (Å²) in [7, 11) is 0. The fraction of sp³-hybridized carbons (Fsp3) is 0.650. The number of benzene rings is 1. The number of amides is 1. The first-order chi connectivity index (χ1) is 11.7. The first-order valence-corrected chi connectivity index (χ1v) is 9.87. The Hall–Kier alpha value is -1.06. The van der Waals surface area contributed by atoms with E-state index >= 15 is 0 Å². The lowest BCUT2D eigenvalue weighted by Crippen LogP contribution is -2.40. The average molecular weight is 349 g/mol. The van der Waals surface area contributed by atoms with E-state index in [4.69, 9.17) is 11.6 Å². The number of likely N-dealkylation sites (tertiary alicyclic amines) is 1. The molecule has 4 heteroatoms. The van der Waals surface area contributed by atoms with Crippen molar-refractivity contribution in [3.63, 3.8) is 0 Å². The molecule has 0 N–H and O–H groups in total. The molecule has 0 atom stereocenters. The number of hydrogen-bond donors (Lipinski definition) is 0. The molecular weight excluding hydrogens is 320 g/mol. The number of rotatable bonds is 6. The molecule has 2 fully saturated rings. The minimum absolute atomic E-state index is 0.330. The molecule has 1 amide bonds. The molecular formula is C20H29ClN2O. The molecule has 0 aromatic heterocycles. The molecule has 3 nitrogen and oxygen atoms in total. The van der Waals surface area contributed by atoms with Gasteiger partial charge in [-0.25, -0.2) is 0 Å². The fourth-order valence-corrected chi connectivity index (χ4v) is 4.24. The zero-order valence-corrected chi connectivity index (χ0v) is 15.3. The van der Waals surface area contributed by atoms with E-state index in [0.717, 1.165) is 44.0 Å². The van der Waals surface area contributed by atoms with Gasteiger partial charge in [0.2, 0.25) is 5.91 Å². The van der Waals surface area contributed by atoms with Gasteiger partial charge in [0.15, 0.2) is 0 Å². The predicted molar refractivity (Wildman–Crippen MR) is 99.2 cm³/mol. The molecule has 1 aromatic rings. The second-order valence-corrected chi connectivity index (χ2v) is 7.60. The molecule has 1 aliphatic carbocycles. The molecule has 1 saturated heterocycles. The van der Waals surface area contributed by atoms with Gasteiger partial charge in [0.1, 0.15) is 0 Å². The molecule has 1 heterocycles. The second kappa shape index (κ2) is 8.87. The Labute approximate surface area is 151 Å². The van der Waals surface area contributed by atoms with Crippen LogP contribution in [0, 0.1) is 0 Å². The van der Waals surface area contributed by atoms with Gasteiger partial charge in [-0.1, -0.05) is 42.6 Å². The second-order valence-electron chi connectivity index (χ2n) is 7.19. The Morgan fingerprint density at radius 2 is 1.79 bits per heavy atom. The van der Waals surface area contributed by atoms with Gasteiger partial charge in [-0.05, 0) is 43.7 Å². The minimum atomic E-state index is 0.330. The van der Waals surface area contributed by atoms with Crippen LogP contribution in [0.4, 0.5) is 0 Å². The monoisotopic (exact) mass is 348 g/mol. The third-order valence-electron chi connectivity index (χ3n) is 5.49. The largest absolute Gasteiger partial charge is 0.343 e. The Morgan fingerprint density at radius 1 is 1.08 bits per heavy atom. The first kappa shape index (κ1) is 17.8. The van der Waals surface area contributed by atoms with E-state index < -0.39 is 0 Å². The van der Waals surface area contributed by atoms with Crippen molar-refractivity contribution in [2.24, 2.45) is 0 Å². The van der Waals surface area contributed by atoms with E-state index in [1.165, 1.54) is 37.7 Å². The summed E-state index contributed by atoms with van der Waals surface area (Å²) < 4.78 is 0. The van der Waals surface area contributed by atoms with Gasteiger partial charge < -0.3 is 4.90 Å². The number of piperidine rings is 1. The maximum Gasteiger partial charge on any atom is 0.223 e. The SMILES string of the molecule is O=C(CCN(Cc1ccccc1Cl)C1CCCC1)N1CCCCC1. The van der Waals surface area contributed by atoms with E-state index in [1.807, 2.05) is 18.2 Å². The van der Waals surface area contributed by atoms with Crippen LogP contribution in [-0.2, 0) is 11.3 Å². The molecule has 24 heavy (non-hydrogen) atoms. The van der Waals surface area contributed by atoms with Gasteiger partial charge in [-0.2, -0.15) is 0 Å². The Morgan fingerprint density at radius 3 is 2.50 bits per heavy atom. The van der Waals surface area contributed by atoms with Crippen molar-refractivity contribution in [3.05, 3.63) is 34.9 Å². The van der Waals surface area contributed by atoms with Crippen LogP contribution >= 0.6 is 11.6 Å². The number of carbonyl (C=O) groups is 1. The van der Waals surface area contributed by atoms with E-state index in [2.05, 4.69) is 15.9 Å². The quantitative estimate of drug-likeness (QED) is 0.756. The van der Waals surface area contributed by atoms with Gasteiger partial charge >= 0.3 is 0 Å². The molecule has 1 aliphatic heterocycles. The summed E-state index contributed by atoms with van der Waals surface area (Å²) >= 11 is 6.36. The maximum absolute atomic E-state index is 12.5. The lowest BCUT2D eigenvalue weighted by Gasteiger charge is -2.31. The number of halogens is 1. The van der Waals surface area contributed by atoms with Crippen LogP contribution in [0.2, 0.25) is 5.02 Å². The Bertz CT molecular complexity index is 536. The summed E-state index contributed by atoms with van der Waals surface area (Å²) in [5, 5.41) is 0.836. The molecule has 3 rings (SSSR count). The summed E-state index contributed by atoms with van der Waals surface area (Å²) in [6.45, 7) is 3.61. The maximum atomic E-state index is 12.5. The molecule has 0 bridgehead atoms. The lowest BCUT2D eigenvalue weighted by molar-refractivity contribution is -0.132. The molecule has 1 aromatic carbocycles. The van der Waals surface area contributed by atoms with E-state index in [9.17, 15) is 4.79 Å². The smallest absolute Gasteiger partial charge is 0.223 e. The summed E-state index contributed by atoms with van der Waals surface area (Å²) in [6.07, 6.45) is 9.36. The highest BCUT2D eigenvalue weighted by atomic mass is 35.5. The van der Waals surface area contributed by atoms with Gasteiger partial charge in [-0.3, -0.25) is 9.69 Å². The van der Waals surface area contributed by atoms with E-state index in [0.29, 0.717) is 18.4 Å². The third kappa shape index (κ3) is 4.73. The normalized spacial score (nSPS) is 19.2. The van der Waals surface area contributed by atoms with Crippen LogP contribution in [0.1, 0.15) is 56.9 Å². The van der Waals surface area contributed by atoms with Gasteiger partial charge in [0.25, 0.3) is 0 Å². The first-order valence-electron chi connectivity index (χ1n) is 9.49. The number of hydrogen-bond acceptors (Lipinski definition) is 2. The fourth-order valence-electron chi connectivity index (χ4n) is 4.05. The number of carbonyl (C=O) groups excluding carboxylic acids is 1. The Balaban J connectivity index is 1.59. The van der Waals surface area contributed by atoms with Crippen molar-refractivity contribution >= 4 is 17.5 Å². The average Bonchev–Trinajstić information content (AvgIpc) is 3.15. The van der Waals surface area contributed by atoms with Gasteiger partial charge in [0.05, 0.1) is 0 Å². The standard InChI is InChI=1S/C20H29ClN2O/c21-19-11-5-2-8-17(19)16-23(18-9-3-4-10-18)15-12-20(24)22-13-6-1-7-14-22/h2,5,8,11,18H,1,3-4,6-7,9-10,12-16H2. The Kier molecular flexibility index (Phi) is 6.56. The molecule has 0 radical (unpaired) electrons. The molecule has 0 unspecified atom stereocenters. The molecule has 1 saturated carbocycles. The third-order valence-corrected chi connectivity index (χ3v) is 5.86.